The largest absolute Gasteiger partial charge is 0.490 e. The summed E-state index contributed by atoms with van der Waals surface area (Å²) >= 11 is 0. The van der Waals surface area contributed by atoms with Gasteiger partial charge < -0.3 is 9.47 Å². The molecule has 23 heavy (non-hydrogen) atoms. The van der Waals surface area contributed by atoms with Gasteiger partial charge in [0, 0.05) is 24.2 Å². The summed E-state index contributed by atoms with van der Waals surface area (Å²) in [6.45, 7) is 6.11. The van der Waals surface area contributed by atoms with Gasteiger partial charge in [-0.1, -0.05) is 30.3 Å². The number of hydrogen-bond acceptors (Lipinski definition) is 3. The number of aliphatic imine (C=N–C) groups is 1. The summed E-state index contributed by atoms with van der Waals surface area (Å²) in [7, 11) is 0. The fourth-order valence-electron chi connectivity index (χ4n) is 2.95. The van der Waals surface area contributed by atoms with E-state index in [0.717, 1.165) is 36.6 Å². The average molecular weight is 309 g/mol. The molecule has 0 amide bonds. The number of rotatable bonds is 6. The molecule has 0 N–H and O–H groups in total. The molecule has 0 fully saturated rings. The van der Waals surface area contributed by atoms with Crippen molar-refractivity contribution in [3.05, 3.63) is 59.2 Å². The summed E-state index contributed by atoms with van der Waals surface area (Å²) in [4.78, 5) is 4.76. The monoisotopic (exact) mass is 309 g/mol. The van der Waals surface area contributed by atoms with Gasteiger partial charge in [0.05, 0.1) is 13.2 Å². The Balaban J connectivity index is 1.95. The molecule has 120 valence electrons. The maximum absolute atomic E-state index is 5.77. The highest BCUT2D eigenvalue weighted by molar-refractivity contribution is 6.04. The molecule has 0 saturated heterocycles. The van der Waals surface area contributed by atoms with Crippen LogP contribution in [0.3, 0.4) is 0 Å². The minimum atomic E-state index is 0.629. The Morgan fingerprint density at radius 2 is 1.65 bits per heavy atom. The van der Waals surface area contributed by atoms with Crippen LogP contribution in [0.1, 0.15) is 30.5 Å². The summed E-state index contributed by atoms with van der Waals surface area (Å²) in [5, 5.41) is 0. The van der Waals surface area contributed by atoms with Gasteiger partial charge in [0.2, 0.25) is 0 Å². The molecule has 3 heteroatoms. The van der Waals surface area contributed by atoms with Gasteiger partial charge in [0.25, 0.3) is 0 Å². The van der Waals surface area contributed by atoms with Gasteiger partial charge in [-0.2, -0.15) is 0 Å². The number of fused-ring (bicyclic) bond motifs is 1. The first-order valence-electron chi connectivity index (χ1n) is 8.32. The molecule has 1 heterocycles. The fraction of sp³-hybridized carbons (Fsp3) is 0.350. The minimum absolute atomic E-state index is 0.629. The normalized spacial score (nSPS) is 13.2. The van der Waals surface area contributed by atoms with Crippen LogP contribution in [0.2, 0.25) is 0 Å². The van der Waals surface area contributed by atoms with Gasteiger partial charge in [0.1, 0.15) is 0 Å². The van der Waals surface area contributed by atoms with Gasteiger partial charge in [-0.25, -0.2) is 0 Å². The van der Waals surface area contributed by atoms with Crippen molar-refractivity contribution in [1.29, 1.82) is 0 Å². The van der Waals surface area contributed by atoms with E-state index in [4.69, 9.17) is 14.5 Å². The smallest absolute Gasteiger partial charge is 0.161 e. The van der Waals surface area contributed by atoms with Crippen molar-refractivity contribution in [2.24, 2.45) is 4.99 Å². The van der Waals surface area contributed by atoms with E-state index in [1.807, 2.05) is 19.9 Å². The average Bonchev–Trinajstić information content (AvgIpc) is 2.57. The number of ether oxygens (including phenoxy) is 2. The van der Waals surface area contributed by atoms with E-state index in [2.05, 4.69) is 36.4 Å². The maximum atomic E-state index is 5.77. The predicted molar refractivity (Wildman–Crippen MR) is 94.0 cm³/mol. The molecule has 3 rings (SSSR count). The van der Waals surface area contributed by atoms with E-state index in [-0.39, 0.29) is 0 Å². The SMILES string of the molecule is CCOc1cc2c(cc1OCC)C(Cc1ccccc1)=NCC2. The van der Waals surface area contributed by atoms with Gasteiger partial charge in [-0.3, -0.25) is 4.99 Å². The first-order chi connectivity index (χ1) is 11.3. The fourth-order valence-corrected chi connectivity index (χ4v) is 2.95. The molecule has 0 aliphatic carbocycles. The molecule has 0 spiro atoms. The Kier molecular flexibility index (Phi) is 4.96. The zero-order valence-electron chi connectivity index (χ0n) is 13.8. The van der Waals surface area contributed by atoms with E-state index in [1.165, 1.54) is 16.7 Å². The molecule has 2 aromatic carbocycles. The Labute approximate surface area is 138 Å². The van der Waals surface area contributed by atoms with E-state index >= 15 is 0 Å². The maximum Gasteiger partial charge on any atom is 0.161 e. The zero-order chi connectivity index (χ0) is 16.1. The van der Waals surface area contributed by atoms with Crippen molar-refractivity contribution >= 4 is 5.71 Å². The van der Waals surface area contributed by atoms with Crippen LogP contribution in [0.5, 0.6) is 11.5 Å². The van der Waals surface area contributed by atoms with Crippen LogP contribution >= 0.6 is 0 Å². The molecule has 0 saturated carbocycles. The number of hydrogen-bond donors (Lipinski definition) is 0. The van der Waals surface area contributed by atoms with E-state index in [0.29, 0.717) is 13.2 Å². The van der Waals surface area contributed by atoms with Crippen molar-refractivity contribution in [1.82, 2.24) is 0 Å². The van der Waals surface area contributed by atoms with E-state index in [9.17, 15) is 0 Å². The lowest BCUT2D eigenvalue weighted by atomic mass is 9.93. The van der Waals surface area contributed by atoms with E-state index < -0.39 is 0 Å². The molecule has 0 unspecified atom stereocenters. The highest BCUT2D eigenvalue weighted by Gasteiger charge is 2.19. The van der Waals surface area contributed by atoms with Crippen molar-refractivity contribution < 1.29 is 9.47 Å². The van der Waals surface area contributed by atoms with Crippen LogP contribution in [-0.4, -0.2) is 25.5 Å². The van der Waals surface area contributed by atoms with Gasteiger partial charge in [0.15, 0.2) is 11.5 Å². The van der Waals surface area contributed by atoms with Crippen LogP contribution in [0.4, 0.5) is 0 Å². The summed E-state index contributed by atoms with van der Waals surface area (Å²) in [6.07, 6.45) is 1.81. The Hall–Kier alpha value is -2.29. The lowest BCUT2D eigenvalue weighted by Gasteiger charge is -2.20. The van der Waals surface area contributed by atoms with Crippen LogP contribution in [0.15, 0.2) is 47.5 Å². The molecular weight excluding hydrogens is 286 g/mol. The molecule has 1 aliphatic heterocycles. The first kappa shape index (κ1) is 15.6. The van der Waals surface area contributed by atoms with Crippen LogP contribution in [0, 0.1) is 0 Å². The second-order valence-electron chi connectivity index (χ2n) is 5.56. The molecule has 2 aromatic rings. The van der Waals surface area contributed by atoms with Gasteiger partial charge in [-0.05, 0) is 43.5 Å². The molecular formula is C20H23NO2. The third kappa shape index (κ3) is 3.55. The molecule has 0 radical (unpaired) electrons. The number of nitrogens with zero attached hydrogens (tertiary/aromatic N) is 1. The van der Waals surface area contributed by atoms with Crippen molar-refractivity contribution in [3.8, 4) is 11.5 Å². The summed E-state index contributed by atoms with van der Waals surface area (Å²) in [5.74, 6) is 1.66. The zero-order valence-corrected chi connectivity index (χ0v) is 13.8. The Bertz CT molecular complexity index is 692. The molecule has 0 bridgehead atoms. The molecule has 3 nitrogen and oxygen atoms in total. The highest BCUT2D eigenvalue weighted by atomic mass is 16.5. The van der Waals surface area contributed by atoms with Crippen molar-refractivity contribution in [3.63, 3.8) is 0 Å². The molecule has 0 atom stereocenters. The summed E-state index contributed by atoms with van der Waals surface area (Å²) < 4.78 is 11.5. The highest BCUT2D eigenvalue weighted by Crippen LogP contribution is 2.33. The second kappa shape index (κ2) is 7.32. The lowest BCUT2D eigenvalue weighted by Crippen LogP contribution is -2.16. The van der Waals surface area contributed by atoms with Crippen LogP contribution in [0.25, 0.3) is 0 Å². The Morgan fingerprint density at radius 3 is 2.35 bits per heavy atom. The second-order valence-corrected chi connectivity index (χ2v) is 5.56. The molecule has 0 aromatic heterocycles. The first-order valence-corrected chi connectivity index (χ1v) is 8.32. The lowest BCUT2D eigenvalue weighted by molar-refractivity contribution is 0.287. The minimum Gasteiger partial charge on any atom is -0.490 e. The molecule has 1 aliphatic rings. The third-order valence-corrected chi connectivity index (χ3v) is 3.98. The Morgan fingerprint density at radius 1 is 0.957 bits per heavy atom. The van der Waals surface area contributed by atoms with Gasteiger partial charge >= 0.3 is 0 Å². The van der Waals surface area contributed by atoms with Gasteiger partial charge in [-0.15, -0.1) is 0 Å². The van der Waals surface area contributed by atoms with Crippen LogP contribution in [-0.2, 0) is 12.8 Å². The topological polar surface area (TPSA) is 30.8 Å². The summed E-state index contributed by atoms with van der Waals surface area (Å²) in [6, 6.07) is 14.7. The quantitative estimate of drug-likeness (QED) is 0.805. The van der Waals surface area contributed by atoms with E-state index in [1.54, 1.807) is 0 Å². The van der Waals surface area contributed by atoms with Crippen molar-refractivity contribution in [2.45, 2.75) is 26.7 Å². The standard InChI is InChI=1S/C20H23NO2/c1-3-22-19-13-16-10-11-21-18(12-15-8-6-5-7-9-15)17(16)14-20(19)23-4-2/h5-9,13-14H,3-4,10-12H2,1-2H3. The summed E-state index contributed by atoms with van der Waals surface area (Å²) in [5.41, 5.74) is 4.93. The predicted octanol–water partition coefficient (Wildman–Crippen LogP) is 4.07. The van der Waals surface area contributed by atoms with Crippen molar-refractivity contribution in [2.75, 3.05) is 19.8 Å². The third-order valence-electron chi connectivity index (χ3n) is 3.98. The van der Waals surface area contributed by atoms with Crippen LogP contribution < -0.4 is 9.47 Å². The number of benzene rings is 2.